The van der Waals surface area contributed by atoms with Crippen molar-refractivity contribution in [1.29, 1.82) is 5.26 Å². The summed E-state index contributed by atoms with van der Waals surface area (Å²) in [5.41, 5.74) is 1.83. The summed E-state index contributed by atoms with van der Waals surface area (Å²) in [6, 6.07) is 8.44. The Kier molecular flexibility index (Phi) is 2.20. The monoisotopic (exact) mass is 244 g/mol. The maximum atomic E-state index is 11.6. The van der Waals surface area contributed by atoms with Crippen LogP contribution < -0.4 is 4.90 Å². The van der Waals surface area contributed by atoms with Crippen molar-refractivity contribution in [2.24, 2.45) is 0 Å². The van der Waals surface area contributed by atoms with E-state index in [2.05, 4.69) is 12.1 Å². The molecular formula is C13H12N2OS. The van der Waals surface area contributed by atoms with E-state index in [1.54, 1.807) is 23.7 Å². The summed E-state index contributed by atoms with van der Waals surface area (Å²) in [4.78, 5) is 14.4. The van der Waals surface area contributed by atoms with Crippen LogP contribution in [0.4, 0.5) is 5.69 Å². The van der Waals surface area contributed by atoms with Gasteiger partial charge in [0.1, 0.15) is 0 Å². The van der Waals surface area contributed by atoms with Crippen LogP contribution in [0.1, 0.15) is 18.4 Å². The molecule has 0 N–H and O–H groups in total. The predicted molar refractivity (Wildman–Crippen MR) is 67.1 cm³/mol. The number of fused-ring (bicyclic) bond motifs is 1. The highest BCUT2D eigenvalue weighted by molar-refractivity contribution is 8.00. The van der Waals surface area contributed by atoms with Crippen molar-refractivity contribution in [1.82, 2.24) is 0 Å². The molecule has 4 heteroatoms. The van der Waals surface area contributed by atoms with E-state index in [4.69, 9.17) is 0 Å². The van der Waals surface area contributed by atoms with E-state index in [1.165, 1.54) is 0 Å². The van der Waals surface area contributed by atoms with E-state index in [0.29, 0.717) is 5.75 Å². The molecule has 1 fully saturated rings. The number of carbonyl (C=O) groups excluding carboxylic acids is 1. The largest absolute Gasteiger partial charge is 0.314 e. The minimum Gasteiger partial charge on any atom is -0.314 e. The van der Waals surface area contributed by atoms with Gasteiger partial charge in [0.05, 0.1) is 22.9 Å². The highest BCUT2D eigenvalue weighted by Gasteiger charge is 2.45. The van der Waals surface area contributed by atoms with Gasteiger partial charge >= 0.3 is 0 Å². The van der Waals surface area contributed by atoms with Gasteiger partial charge in [-0.15, -0.1) is 11.8 Å². The lowest BCUT2D eigenvalue weighted by atomic mass is 9.97. The van der Waals surface area contributed by atoms with Crippen LogP contribution in [-0.2, 0) is 10.2 Å². The van der Waals surface area contributed by atoms with Crippen LogP contribution in [0.2, 0.25) is 0 Å². The molecule has 3 nitrogen and oxygen atoms in total. The number of rotatable bonds is 1. The van der Waals surface area contributed by atoms with E-state index in [0.717, 1.165) is 29.0 Å². The molecule has 1 aromatic rings. The van der Waals surface area contributed by atoms with Gasteiger partial charge in [0.25, 0.3) is 0 Å². The molecule has 0 aromatic heterocycles. The van der Waals surface area contributed by atoms with Gasteiger partial charge in [0, 0.05) is 11.9 Å². The van der Waals surface area contributed by atoms with Gasteiger partial charge in [-0.05, 0) is 30.5 Å². The fraction of sp³-hybridized carbons (Fsp3) is 0.385. The van der Waals surface area contributed by atoms with Crippen LogP contribution in [0.5, 0.6) is 0 Å². The lowest BCUT2D eigenvalue weighted by molar-refractivity contribution is -0.116. The topological polar surface area (TPSA) is 44.1 Å². The Balaban J connectivity index is 2.04. The van der Waals surface area contributed by atoms with Gasteiger partial charge in [-0.3, -0.25) is 4.79 Å². The van der Waals surface area contributed by atoms with Gasteiger partial charge in [-0.2, -0.15) is 5.26 Å². The van der Waals surface area contributed by atoms with Crippen LogP contribution >= 0.6 is 11.8 Å². The molecule has 86 valence electrons. The molecule has 3 rings (SSSR count). The number of thioether (sulfide) groups is 1. The summed E-state index contributed by atoms with van der Waals surface area (Å²) in [5.74, 6) is 0.628. The van der Waals surface area contributed by atoms with Crippen molar-refractivity contribution in [3.8, 4) is 6.07 Å². The first-order valence-corrected chi connectivity index (χ1v) is 6.60. The van der Waals surface area contributed by atoms with E-state index < -0.39 is 0 Å². The second-order valence-corrected chi connectivity index (χ2v) is 5.64. The summed E-state index contributed by atoms with van der Waals surface area (Å²) in [6.07, 6.45) is 1.92. The van der Waals surface area contributed by atoms with Crippen LogP contribution in [-0.4, -0.2) is 18.7 Å². The molecule has 1 saturated carbocycles. The molecule has 1 aliphatic carbocycles. The smallest absolute Gasteiger partial charge is 0.237 e. The fourth-order valence-electron chi connectivity index (χ4n) is 2.17. The molecule has 0 spiro atoms. The van der Waals surface area contributed by atoms with Gasteiger partial charge in [0.2, 0.25) is 5.91 Å². The van der Waals surface area contributed by atoms with Gasteiger partial charge in [0.15, 0.2) is 0 Å². The van der Waals surface area contributed by atoms with Crippen molar-refractivity contribution in [2.45, 2.75) is 23.2 Å². The Morgan fingerprint density at radius 2 is 2.24 bits per heavy atom. The Morgan fingerprint density at radius 3 is 2.88 bits per heavy atom. The highest BCUT2D eigenvalue weighted by Crippen LogP contribution is 2.49. The van der Waals surface area contributed by atoms with Gasteiger partial charge < -0.3 is 4.90 Å². The number of benzene rings is 1. The quantitative estimate of drug-likeness (QED) is 0.761. The highest BCUT2D eigenvalue weighted by atomic mass is 32.2. The Hall–Kier alpha value is -1.47. The molecule has 0 atom stereocenters. The van der Waals surface area contributed by atoms with Crippen molar-refractivity contribution in [3.63, 3.8) is 0 Å². The third-order valence-electron chi connectivity index (χ3n) is 3.56. The molecule has 1 heterocycles. The summed E-state index contributed by atoms with van der Waals surface area (Å²) in [5, 5.41) is 9.19. The molecule has 0 bridgehead atoms. The zero-order valence-corrected chi connectivity index (χ0v) is 10.4. The first kappa shape index (κ1) is 10.7. The van der Waals surface area contributed by atoms with Gasteiger partial charge in [-0.1, -0.05) is 6.07 Å². The molecule has 0 radical (unpaired) electrons. The molecule has 2 aliphatic rings. The summed E-state index contributed by atoms with van der Waals surface area (Å²) in [7, 11) is 1.80. The van der Waals surface area contributed by atoms with Crippen molar-refractivity contribution in [2.75, 3.05) is 17.7 Å². The van der Waals surface area contributed by atoms with Gasteiger partial charge in [-0.25, -0.2) is 0 Å². The van der Waals surface area contributed by atoms with Crippen molar-refractivity contribution in [3.05, 3.63) is 23.8 Å². The summed E-state index contributed by atoms with van der Waals surface area (Å²) in [6.45, 7) is 0. The number of anilines is 1. The zero-order valence-electron chi connectivity index (χ0n) is 9.56. The van der Waals surface area contributed by atoms with E-state index in [1.807, 2.05) is 12.1 Å². The lowest BCUT2D eigenvalue weighted by Gasteiger charge is -2.26. The standard InChI is InChI=1S/C13H12N2OS/c1-15-10-3-2-9(13(8-14)4-5-13)6-11(10)17-7-12(15)16/h2-3,6H,4-5,7H2,1H3. The van der Waals surface area contributed by atoms with E-state index in [-0.39, 0.29) is 11.3 Å². The lowest BCUT2D eigenvalue weighted by Crippen LogP contribution is -2.31. The number of amides is 1. The van der Waals surface area contributed by atoms with E-state index >= 15 is 0 Å². The molecule has 0 unspecified atom stereocenters. The average Bonchev–Trinajstić information content (AvgIpc) is 3.15. The second kappa shape index (κ2) is 3.51. The van der Waals surface area contributed by atoms with Crippen LogP contribution in [0.3, 0.4) is 0 Å². The Bertz CT molecular complexity index is 543. The second-order valence-electron chi connectivity index (χ2n) is 4.62. The molecule has 17 heavy (non-hydrogen) atoms. The molecule has 1 aliphatic heterocycles. The Morgan fingerprint density at radius 1 is 1.47 bits per heavy atom. The predicted octanol–water partition coefficient (Wildman–Crippen LogP) is 2.31. The summed E-state index contributed by atoms with van der Waals surface area (Å²) < 4.78 is 0. The van der Waals surface area contributed by atoms with Crippen molar-refractivity contribution >= 4 is 23.4 Å². The third kappa shape index (κ3) is 1.54. The summed E-state index contributed by atoms with van der Waals surface area (Å²) >= 11 is 1.57. The molecule has 1 amide bonds. The third-order valence-corrected chi connectivity index (χ3v) is 4.59. The number of hydrogen-bond donors (Lipinski definition) is 0. The molecule has 1 aromatic carbocycles. The normalized spacial score (nSPS) is 20.7. The number of nitriles is 1. The van der Waals surface area contributed by atoms with Crippen LogP contribution in [0.25, 0.3) is 0 Å². The first-order valence-electron chi connectivity index (χ1n) is 5.61. The van der Waals surface area contributed by atoms with E-state index in [9.17, 15) is 10.1 Å². The molecular weight excluding hydrogens is 232 g/mol. The Labute approximate surface area is 104 Å². The minimum absolute atomic E-state index is 0.136. The number of nitrogens with zero attached hydrogens (tertiary/aromatic N) is 2. The molecule has 0 saturated heterocycles. The minimum atomic E-state index is -0.240. The SMILES string of the molecule is CN1C(=O)CSc2cc(C3(C#N)CC3)ccc21. The number of hydrogen-bond acceptors (Lipinski definition) is 3. The number of carbonyl (C=O) groups is 1. The fourth-order valence-corrected chi connectivity index (χ4v) is 3.20. The van der Waals surface area contributed by atoms with Crippen molar-refractivity contribution < 1.29 is 4.79 Å². The average molecular weight is 244 g/mol. The maximum absolute atomic E-state index is 11.6. The zero-order chi connectivity index (χ0) is 12.0. The van der Waals surface area contributed by atoms with Crippen LogP contribution in [0.15, 0.2) is 23.1 Å². The first-order chi connectivity index (χ1) is 8.16. The van der Waals surface area contributed by atoms with Crippen LogP contribution in [0, 0.1) is 11.3 Å². The maximum Gasteiger partial charge on any atom is 0.237 e.